The summed E-state index contributed by atoms with van der Waals surface area (Å²) >= 11 is 0. The van der Waals surface area contributed by atoms with Gasteiger partial charge in [-0.15, -0.1) is 0 Å². The van der Waals surface area contributed by atoms with Crippen LogP contribution in [-0.4, -0.2) is 18.7 Å². The molecule has 72 valence electrons. The molecule has 1 aliphatic heterocycles. The fraction of sp³-hybridized carbons (Fsp3) is 0.273. The number of H-pyrrole nitrogens is 1. The predicted octanol–water partition coefficient (Wildman–Crippen LogP) is 2.25. The number of epoxide rings is 1. The molecule has 0 bridgehead atoms. The van der Waals surface area contributed by atoms with E-state index >= 15 is 0 Å². The second-order valence-electron chi connectivity index (χ2n) is 3.50. The average Bonchev–Trinajstić information content (AvgIpc) is 2.97. The first-order valence-corrected chi connectivity index (χ1v) is 4.65. The molecular formula is C11H11NO2. The summed E-state index contributed by atoms with van der Waals surface area (Å²) in [4.78, 5) is 3.33. The fourth-order valence-corrected chi connectivity index (χ4v) is 1.66. The molecule has 1 aliphatic rings. The summed E-state index contributed by atoms with van der Waals surface area (Å²) in [6.45, 7) is 0.837. The lowest BCUT2D eigenvalue weighted by atomic mass is 10.2. The molecule has 0 aliphatic carbocycles. The number of ether oxygens (including phenoxy) is 2. The van der Waals surface area contributed by atoms with E-state index in [2.05, 4.69) is 17.1 Å². The van der Waals surface area contributed by atoms with Gasteiger partial charge < -0.3 is 14.5 Å². The van der Waals surface area contributed by atoms with Crippen molar-refractivity contribution < 1.29 is 9.47 Å². The van der Waals surface area contributed by atoms with Gasteiger partial charge in [0.15, 0.2) is 0 Å². The normalized spacial score (nSPS) is 19.9. The van der Waals surface area contributed by atoms with Gasteiger partial charge in [0.1, 0.15) is 11.9 Å². The third-order valence-electron chi connectivity index (χ3n) is 2.53. The first-order valence-electron chi connectivity index (χ1n) is 4.65. The van der Waals surface area contributed by atoms with Gasteiger partial charge in [-0.2, -0.15) is 0 Å². The van der Waals surface area contributed by atoms with Gasteiger partial charge in [0, 0.05) is 22.7 Å². The quantitative estimate of drug-likeness (QED) is 0.736. The minimum Gasteiger partial charge on any atom is -0.497 e. The minimum atomic E-state index is 0.286. The van der Waals surface area contributed by atoms with Gasteiger partial charge in [0.05, 0.1) is 13.7 Å². The molecular weight excluding hydrogens is 178 g/mol. The van der Waals surface area contributed by atoms with Crippen molar-refractivity contribution in [1.82, 2.24) is 4.98 Å². The van der Waals surface area contributed by atoms with Gasteiger partial charge in [0.25, 0.3) is 0 Å². The van der Waals surface area contributed by atoms with E-state index < -0.39 is 0 Å². The van der Waals surface area contributed by atoms with Gasteiger partial charge in [-0.05, 0) is 18.2 Å². The second-order valence-corrected chi connectivity index (χ2v) is 3.50. The van der Waals surface area contributed by atoms with Crippen LogP contribution in [0.15, 0.2) is 24.3 Å². The number of benzene rings is 1. The molecule has 0 radical (unpaired) electrons. The van der Waals surface area contributed by atoms with E-state index in [1.165, 1.54) is 5.39 Å². The van der Waals surface area contributed by atoms with Crippen LogP contribution in [0.2, 0.25) is 0 Å². The Kier molecular flexibility index (Phi) is 1.55. The van der Waals surface area contributed by atoms with E-state index in [1.807, 2.05) is 12.1 Å². The van der Waals surface area contributed by atoms with Crippen LogP contribution < -0.4 is 4.74 Å². The van der Waals surface area contributed by atoms with Crippen LogP contribution in [0.4, 0.5) is 0 Å². The van der Waals surface area contributed by atoms with Crippen LogP contribution in [0.3, 0.4) is 0 Å². The van der Waals surface area contributed by atoms with E-state index in [-0.39, 0.29) is 6.10 Å². The molecule has 0 spiro atoms. The van der Waals surface area contributed by atoms with E-state index in [9.17, 15) is 0 Å². The van der Waals surface area contributed by atoms with Crippen LogP contribution in [0.1, 0.15) is 11.8 Å². The summed E-state index contributed by atoms with van der Waals surface area (Å²) in [6, 6.07) is 8.15. The number of hydrogen-bond donors (Lipinski definition) is 1. The molecule has 2 heterocycles. The molecule has 1 aromatic carbocycles. The second kappa shape index (κ2) is 2.75. The zero-order valence-corrected chi connectivity index (χ0v) is 7.91. The van der Waals surface area contributed by atoms with Crippen LogP contribution in [0, 0.1) is 0 Å². The van der Waals surface area contributed by atoms with E-state index in [4.69, 9.17) is 9.47 Å². The Bertz CT molecular complexity index is 471. The Morgan fingerprint density at radius 1 is 1.43 bits per heavy atom. The molecule has 1 saturated heterocycles. The van der Waals surface area contributed by atoms with Crippen molar-refractivity contribution in [2.45, 2.75) is 6.10 Å². The van der Waals surface area contributed by atoms with E-state index in [0.717, 1.165) is 23.6 Å². The number of rotatable bonds is 2. The Morgan fingerprint density at radius 3 is 3.00 bits per heavy atom. The molecule has 1 aromatic heterocycles. The van der Waals surface area contributed by atoms with Crippen molar-refractivity contribution >= 4 is 10.9 Å². The Labute approximate surface area is 81.6 Å². The topological polar surface area (TPSA) is 37.5 Å². The maximum absolute atomic E-state index is 5.22. The highest BCUT2D eigenvalue weighted by Gasteiger charge is 2.26. The maximum Gasteiger partial charge on any atom is 0.121 e. The van der Waals surface area contributed by atoms with Gasteiger partial charge in [0.2, 0.25) is 0 Å². The van der Waals surface area contributed by atoms with Crippen molar-refractivity contribution in [1.29, 1.82) is 0 Å². The van der Waals surface area contributed by atoms with Crippen molar-refractivity contribution in [3.05, 3.63) is 30.0 Å². The minimum absolute atomic E-state index is 0.286. The van der Waals surface area contributed by atoms with E-state index in [0.29, 0.717) is 0 Å². The zero-order valence-electron chi connectivity index (χ0n) is 7.91. The first-order chi connectivity index (χ1) is 6.86. The highest BCUT2D eigenvalue weighted by atomic mass is 16.6. The molecule has 3 heteroatoms. The summed E-state index contributed by atoms with van der Waals surface area (Å²) in [5.41, 5.74) is 2.27. The molecule has 14 heavy (non-hydrogen) atoms. The Hall–Kier alpha value is -1.48. The Balaban J connectivity index is 2.12. The fourth-order valence-electron chi connectivity index (χ4n) is 1.66. The van der Waals surface area contributed by atoms with Crippen molar-refractivity contribution in [2.24, 2.45) is 0 Å². The number of aromatic amines is 1. The van der Waals surface area contributed by atoms with Crippen molar-refractivity contribution in [2.75, 3.05) is 13.7 Å². The van der Waals surface area contributed by atoms with Crippen LogP contribution in [-0.2, 0) is 4.74 Å². The largest absolute Gasteiger partial charge is 0.497 e. The molecule has 1 unspecified atom stereocenters. The zero-order chi connectivity index (χ0) is 9.54. The lowest BCUT2D eigenvalue weighted by Gasteiger charge is -1.97. The standard InChI is InChI=1S/C11H11NO2/c1-13-8-3-2-7-4-10(11-6-14-11)12-9(7)5-8/h2-5,11-12H,6H2,1H3. The molecule has 3 rings (SSSR count). The summed E-state index contributed by atoms with van der Waals surface area (Å²) in [5, 5.41) is 1.20. The summed E-state index contributed by atoms with van der Waals surface area (Å²) in [6.07, 6.45) is 0.286. The molecule has 1 N–H and O–H groups in total. The van der Waals surface area contributed by atoms with Crippen molar-refractivity contribution in [3.8, 4) is 5.75 Å². The lowest BCUT2D eigenvalue weighted by molar-refractivity contribution is 0.412. The summed E-state index contributed by atoms with van der Waals surface area (Å²) < 4.78 is 10.4. The highest BCUT2D eigenvalue weighted by Crippen LogP contribution is 2.32. The number of nitrogens with one attached hydrogen (secondary N) is 1. The first kappa shape index (κ1) is 7.88. The number of fused-ring (bicyclic) bond motifs is 1. The van der Waals surface area contributed by atoms with Crippen molar-refractivity contribution in [3.63, 3.8) is 0 Å². The van der Waals surface area contributed by atoms with Gasteiger partial charge in [-0.1, -0.05) is 0 Å². The van der Waals surface area contributed by atoms with Crippen LogP contribution >= 0.6 is 0 Å². The summed E-state index contributed by atoms with van der Waals surface area (Å²) in [5.74, 6) is 0.877. The molecule has 2 aromatic rings. The van der Waals surface area contributed by atoms with Gasteiger partial charge in [-0.25, -0.2) is 0 Å². The average molecular weight is 189 g/mol. The predicted molar refractivity (Wildman–Crippen MR) is 53.5 cm³/mol. The Morgan fingerprint density at radius 2 is 2.29 bits per heavy atom. The molecule has 0 amide bonds. The smallest absolute Gasteiger partial charge is 0.121 e. The monoisotopic (exact) mass is 189 g/mol. The van der Waals surface area contributed by atoms with E-state index in [1.54, 1.807) is 7.11 Å². The highest BCUT2D eigenvalue weighted by molar-refractivity contribution is 5.82. The maximum atomic E-state index is 5.22. The summed E-state index contributed by atoms with van der Waals surface area (Å²) in [7, 11) is 1.68. The number of hydrogen-bond acceptors (Lipinski definition) is 2. The van der Waals surface area contributed by atoms with Gasteiger partial charge >= 0.3 is 0 Å². The third-order valence-corrected chi connectivity index (χ3v) is 2.53. The SMILES string of the molecule is COc1ccc2cc(C3CO3)[nH]c2c1. The number of aromatic nitrogens is 1. The third kappa shape index (κ3) is 1.17. The van der Waals surface area contributed by atoms with Gasteiger partial charge in [-0.3, -0.25) is 0 Å². The molecule has 1 atom stereocenters. The number of methoxy groups -OCH3 is 1. The lowest BCUT2D eigenvalue weighted by Crippen LogP contribution is -1.81. The molecule has 1 fully saturated rings. The van der Waals surface area contributed by atoms with Crippen LogP contribution in [0.5, 0.6) is 5.75 Å². The molecule has 0 saturated carbocycles. The molecule has 3 nitrogen and oxygen atoms in total. The van der Waals surface area contributed by atoms with Crippen LogP contribution in [0.25, 0.3) is 10.9 Å².